The quantitative estimate of drug-likeness (QED) is 0.769. The van der Waals surface area contributed by atoms with Gasteiger partial charge in [-0.25, -0.2) is 0 Å². The lowest BCUT2D eigenvalue weighted by Crippen LogP contribution is -2.03. The molecule has 0 spiro atoms. The van der Waals surface area contributed by atoms with Gasteiger partial charge in [-0.2, -0.15) is 0 Å². The van der Waals surface area contributed by atoms with Crippen LogP contribution >= 0.6 is 11.6 Å². The Morgan fingerprint density at radius 3 is 2.62 bits per heavy atom. The molecule has 2 rings (SSSR count). The van der Waals surface area contributed by atoms with Gasteiger partial charge in [0.15, 0.2) is 0 Å². The second-order valence-electron chi connectivity index (χ2n) is 3.12. The predicted octanol–water partition coefficient (Wildman–Crippen LogP) is 3.17. The molecule has 0 fully saturated rings. The van der Waals surface area contributed by atoms with Crippen molar-refractivity contribution in [3.05, 3.63) is 58.6 Å². The highest BCUT2D eigenvalue weighted by Gasteiger charge is 2.04. The van der Waals surface area contributed by atoms with E-state index in [-0.39, 0.29) is 17.1 Å². The lowest BCUT2D eigenvalue weighted by atomic mass is 10.3. The number of benzene rings is 1. The molecule has 1 aromatic heterocycles. The molecule has 0 unspecified atom stereocenters. The van der Waals surface area contributed by atoms with E-state index < -0.39 is 0 Å². The van der Waals surface area contributed by atoms with Gasteiger partial charge in [-0.3, -0.25) is 4.79 Å². The number of rotatable bonds is 3. The van der Waals surface area contributed by atoms with E-state index in [1.54, 1.807) is 12.1 Å². The first-order chi connectivity index (χ1) is 7.79. The summed E-state index contributed by atoms with van der Waals surface area (Å²) in [6.07, 6.45) is 1.27. The molecule has 1 aromatic carbocycles. The first-order valence-corrected chi connectivity index (χ1v) is 5.23. The van der Waals surface area contributed by atoms with Crippen LogP contribution in [0.4, 0.5) is 0 Å². The molecule has 0 saturated heterocycles. The van der Waals surface area contributed by atoms with E-state index in [1.165, 1.54) is 12.3 Å². The molecule has 0 bridgehead atoms. The van der Waals surface area contributed by atoms with Gasteiger partial charge in [0, 0.05) is 6.07 Å². The SMILES string of the molecule is O=c1cc(CCl)occ1Oc1ccccc1. The number of halogens is 1. The van der Waals surface area contributed by atoms with E-state index in [2.05, 4.69) is 0 Å². The maximum atomic E-state index is 11.6. The van der Waals surface area contributed by atoms with Crippen LogP contribution in [0.2, 0.25) is 0 Å². The van der Waals surface area contributed by atoms with E-state index in [4.69, 9.17) is 20.8 Å². The van der Waals surface area contributed by atoms with Gasteiger partial charge < -0.3 is 9.15 Å². The standard InChI is InChI=1S/C12H9ClO3/c13-7-10-6-11(14)12(8-15-10)16-9-4-2-1-3-5-9/h1-6,8H,7H2. The highest BCUT2D eigenvalue weighted by molar-refractivity contribution is 6.16. The third kappa shape index (κ3) is 2.44. The summed E-state index contributed by atoms with van der Waals surface area (Å²) in [4.78, 5) is 11.6. The maximum Gasteiger partial charge on any atom is 0.227 e. The zero-order valence-corrected chi connectivity index (χ0v) is 9.11. The molecule has 2 aromatic rings. The fourth-order valence-electron chi connectivity index (χ4n) is 1.20. The van der Waals surface area contributed by atoms with Crippen LogP contribution in [0.15, 0.2) is 51.9 Å². The smallest absolute Gasteiger partial charge is 0.227 e. The first-order valence-electron chi connectivity index (χ1n) is 4.70. The Hall–Kier alpha value is -1.74. The van der Waals surface area contributed by atoms with E-state index in [0.717, 1.165) is 0 Å². The molecule has 16 heavy (non-hydrogen) atoms. The average molecular weight is 237 g/mol. The lowest BCUT2D eigenvalue weighted by Gasteiger charge is -2.03. The van der Waals surface area contributed by atoms with Gasteiger partial charge in [-0.1, -0.05) is 18.2 Å². The van der Waals surface area contributed by atoms with Crippen molar-refractivity contribution < 1.29 is 9.15 Å². The van der Waals surface area contributed by atoms with Crippen LogP contribution in [0.3, 0.4) is 0 Å². The zero-order chi connectivity index (χ0) is 11.4. The van der Waals surface area contributed by atoms with Crippen LogP contribution in [-0.2, 0) is 5.88 Å². The number of ether oxygens (including phenoxy) is 1. The van der Waals surface area contributed by atoms with Crippen molar-refractivity contribution in [2.75, 3.05) is 0 Å². The fraction of sp³-hybridized carbons (Fsp3) is 0.0833. The molecule has 82 valence electrons. The summed E-state index contributed by atoms with van der Waals surface area (Å²) in [5.74, 6) is 1.33. The van der Waals surface area contributed by atoms with E-state index in [0.29, 0.717) is 11.5 Å². The van der Waals surface area contributed by atoms with Crippen molar-refractivity contribution in [2.45, 2.75) is 5.88 Å². The van der Waals surface area contributed by atoms with Crippen molar-refractivity contribution in [1.29, 1.82) is 0 Å². The average Bonchev–Trinajstić information content (AvgIpc) is 2.33. The topological polar surface area (TPSA) is 39.4 Å². The van der Waals surface area contributed by atoms with Crippen molar-refractivity contribution in [1.82, 2.24) is 0 Å². The Kier molecular flexibility index (Phi) is 3.27. The Labute approximate surface area is 97.2 Å². The molecule has 0 aliphatic heterocycles. The van der Waals surface area contributed by atoms with E-state index >= 15 is 0 Å². The van der Waals surface area contributed by atoms with E-state index in [9.17, 15) is 4.79 Å². The van der Waals surface area contributed by atoms with Crippen molar-refractivity contribution in [3.8, 4) is 11.5 Å². The fourth-order valence-corrected chi connectivity index (χ4v) is 1.34. The summed E-state index contributed by atoms with van der Waals surface area (Å²) >= 11 is 5.54. The van der Waals surface area contributed by atoms with Crippen LogP contribution < -0.4 is 10.2 Å². The first kappa shape index (κ1) is 10.8. The Bertz CT molecular complexity index is 519. The molecular formula is C12H9ClO3. The third-order valence-corrected chi connectivity index (χ3v) is 2.22. The molecule has 4 heteroatoms. The maximum absolute atomic E-state index is 11.6. The van der Waals surface area contributed by atoms with Crippen molar-refractivity contribution in [3.63, 3.8) is 0 Å². The largest absolute Gasteiger partial charge is 0.464 e. The minimum atomic E-state index is -0.245. The monoisotopic (exact) mass is 236 g/mol. The molecule has 0 atom stereocenters. The van der Waals surface area contributed by atoms with Crippen LogP contribution in [0.1, 0.15) is 5.76 Å². The summed E-state index contributed by atoms with van der Waals surface area (Å²) < 4.78 is 10.5. The zero-order valence-electron chi connectivity index (χ0n) is 8.35. The van der Waals surface area contributed by atoms with Gasteiger partial charge in [-0.15, -0.1) is 11.6 Å². The molecule has 0 radical (unpaired) electrons. The highest BCUT2D eigenvalue weighted by Crippen LogP contribution is 2.17. The molecule has 3 nitrogen and oxygen atoms in total. The van der Waals surface area contributed by atoms with Gasteiger partial charge in [0.1, 0.15) is 17.8 Å². The Morgan fingerprint density at radius 1 is 1.25 bits per heavy atom. The molecular weight excluding hydrogens is 228 g/mol. The second kappa shape index (κ2) is 4.86. The minimum Gasteiger partial charge on any atom is -0.464 e. The van der Waals surface area contributed by atoms with Crippen molar-refractivity contribution >= 4 is 11.6 Å². The van der Waals surface area contributed by atoms with Crippen LogP contribution in [0.5, 0.6) is 11.5 Å². The van der Waals surface area contributed by atoms with Gasteiger partial charge in [0.25, 0.3) is 0 Å². The molecule has 0 aliphatic carbocycles. The predicted molar refractivity (Wildman–Crippen MR) is 61.1 cm³/mol. The lowest BCUT2D eigenvalue weighted by molar-refractivity contribution is 0.427. The molecule has 1 heterocycles. The van der Waals surface area contributed by atoms with Gasteiger partial charge in [-0.05, 0) is 12.1 Å². The summed E-state index contributed by atoms with van der Waals surface area (Å²) in [5, 5.41) is 0. The number of alkyl halides is 1. The summed E-state index contributed by atoms with van der Waals surface area (Å²) in [7, 11) is 0. The van der Waals surface area contributed by atoms with Crippen LogP contribution in [-0.4, -0.2) is 0 Å². The molecule has 0 aliphatic rings. The van der Waals surface area contributed by atoms with Gasteiger partial charge in [0.05, 0.1) is 5.88 Å². The summed E-state index contributed by atoms with van der Waals surface area (Å²) in [6, 6.07) is 10.4. The molecule has 0 saturated carbocycles. The third-order valence-electron chi connectivity index (χ3n) is 1.95. The second-order valence-corrected chi connectivity index (χ2v) is 3.39. The minimum absolute atomic E-state index is 0.153. The normalized spacial score (nSPS) is 10.1. The molecule has 0 N–H and O–H groups in total. The number of hydrogen-bond acceptors (Lipinski definition) is 3. The number of para-hydroxylation sites is 1. The Balaban J connectivity index is 2.26. The van der Waals surface area contributed by atoms with Gasteiger partial charge in [0.2, 0.25) is 11.2 Å². The van der Waals surface area contributed by atoms with E-state index in [1.807, 2.05) is 18.2 Å². The van der Waals surface area contributed by atoms with Crippen LogP contribution in [0, 0.1) is 0 Å². The Morgan fingerprint density at radius 2 is 2.00 bits per heavy atom. The summed E-state index contributed by atoms with van der Waals surface area (Å²) in [5.41, 5.74) is -0.245. The highest BCUT2D eigenvalue weighted by atomic mass is 35.5. The van der Waals surface area contributed by atoms with Crippen molar-refractivity contribution in [2.24, 2.45) is 0 Å². The number of hydrogen-bond donors (Lipinski definition) is 0. The molecule has 0 amide bonds. The van der Waals surface area contributed by atoms with Gasteiger partial charge >= 0.3 is 0 Å². The van der Waals surface area contributed by atoms with Crippen LogP contribution in [0.25, 0.3) is 0 Å². The summed E-state index contributed by atoms with van der Waals surface area (Å²) in [6.45, 7) is 0.